The number of carbonyl (C=O) groups excluding carboxylic acids is 2. The van der Waals surface area contributed by atoms with Gasteiger partial charge in [0.15, 0.2) is 11.6 Å². The summed E-state index contributed by atoms with van der Waals surface area (Å²) in [6.45, 7) is 0. The number of carbonyl (C=O) groups is 2. The SMILES string of the molecule is O=C1c2cc3c(cc2C2c4ccccc4C24c2ccccc2C14)c1cc(-c2cc4c(cc2-c2ccccc2)c2ccccc2n4-c2ccccc2)cc2c4cc5c(cc4n3c12)C(=O)C1c2ccccc2C12c1ccccc1C52. The molecule has 11 aromatic carbocycles. The molecule has 14 aromatic rings. The molecule has 2 spiro atoms. The Hall–Kier alpha value is -9.64. The Bertz CT molecular complexity index is 4960. The second kappa shape index (κ2) is 13.5. The van der Waals surface area contributed by atoms with Crippen LogP contribution in [0.5, 0.6) is 0 Å². The van der Waals surface area contributed by atoms with E-state index in [0.29, 0.717) is 0 Å². The van der Waals surface area contributed by atoms with E-state index < -0.39 is 0 Å². The topological polar surface area (TPSA) is 43.5 Å². The molecule has 6 aliphatic rings. The van der Waals surface area contributed by atoms with Gasteiger partial charge in [0.2, 0.25) is 0 Å². The Labute approximate surface area is 447 Å². The monoisotopic (exact) mass is 990 g/mol. The molecule has 0 radical (unpaired) electrons. The molecule has 0 saturated heterocycles. The Kier molecular flexibility index (Phi) is 7.02. The van der Waals surface area contributed by atoms with Crippen LogP contribution >= 0.6 is 0 Å². The maximum absolute atomic E-state index is 15.6. The molecule has 4 nitrogen and oxygen atoms in total. The summed E-state index contributed by atoms with van der Waals surface area (Å²) in [5.74, 6) is 0.0211. The second-order valence-corrected chi connectivity index (χ2v) is 23.2. The lowest BCUT2D eigenvalue weighted by Crippen LogP contribution is -2.61. The molecule has 6 aliphatic carbocycles. The Morgan fingerprint density at radius 1 is 0.295 bits per heavy atom. The minimum Gasteiger partial charge on any atom is -0.309 e. The normalized spacial score (nSPS) is 22.3. The molecular weight excluding hydrogens is 949 g/mol. The number of hydrogen-bond donors (Lipinski definition) is 0. The largest absolute Gasteiger partial charge is 0.309 e. The van der Waals surface area contributed by atoms with Gasteiger partial charge < -0.3 is 8.97 Å². The van der Waals surface area contributed by atoms with Gasteiger partial charge in [-0.1, -0.05) is 164 Å². The van der Waals surface area contributed by atoms with Gasteiger partial charge in [-0.15, -0.1) is 0 Å². The highest BCUT2D eigenvalue weighted by atomic mass is 16.1. The van der Waals surface area contributed by atoms with Gasteiger partial charge in [-0.25, -0.2) is 0 Å². The van der Waals surface area contributed by atoms with E-state index in [1.807, 2.05) is 0 Å². The van der Waals surface area contributed by atoms with Crippen molar-refractivity contribution in [2.75, 3.05) is 0 Å². The van der Waals surface area contributed by atoms with Crippen molar-refractivity contribution < 1.29 is 9.59 Å². The van der Waals surface area contributed by atoms with Crippen LogP contribution in [0, 0.1) is 0 Å². The summed E-state index contributed by atoms with van der Waals surface area (Å²) in [5.41, 5.74) is 24.3. The lowest BCUT2D eigenvalue weighted by Gasteiger charge is -2.64. The number of aromatic nitrogens is 2. The van der Waals surface area contributed by atoms with Crippen molar-refractivity contribution >= 4 is 71.5 Å². The summed E-state index contributed by atoms with van der Waals surface area (Å²) in [4.78, 5) is 31.2. The van der Waals surface area contributed by atoms with E-state index >= 15 is 9.59 Å². The third-order valence-electron chi connectivity index (χ3n) is 20.3. The lowest BCUT2D eigenvalue weighted by atomic mass is 9.36. The number of fused-ring (bicyclic) bond motifs is 21. The molecule has 360 valence electrons. The third kappa shape index (κ3) is 4.28. The number of benzene rings is 11. The standard InChI is InChI=1S/C74H42N2O2/c77-71-56-37-64-50(34-52(56)66-43-22-7-12-26-58(43)73(66)60-28-14-9-24-45(60)68(71)73)54-31-40(48-36-63-49(33-47(48)39-17-3-1-4-18-39)42-21-11-16-30-62(42)75(63)41-19-5-2-6-20-41)32-55-51-35-53-57(38-65(51)76(64)70(54)55)72(78)69-46-25-10-15-29-61(46)74(69)59-27-13-8-23-44(59)67(53)74/h1-38,66-69H. The molecular formula is C74H42N2O2. The van der Waals surface area contributed by atoms with Crippen molar-refractivity contribution in [2.24, 2.45) is 0 Å². The van der Waals surface area contributed by atoms with Gasteiger partial charge in [0.25, 0.3) is 0 Å². The first kappa shape index (κ1) is 40.6. The molecule has 0 bridgehead atoms. The van der Waals surface area contributed by atoms with Crippen LogP contribution in [0.4, 0.5) is 0 Å². The van der Waals surface area contributed by atoms with Gasteiger partial charge in [0.05, 0.1) is 39.4 Å². The molecule has 20 rings (SSSR count). The van der Waals surface area contributed by atoms with Crippen molar-refractivity contribution in [3.8, 4) is 27.9 Å². The van der Waals surface area contributed by atoms with Crippen molar-refractivity contribution in [3.63, 3.8) is 0 Å². The molecule has 0 saturated carbocycles. The van der Waals surface area contributed by atoms with E-state index in [1.54, 1.807) is 0 Å². The van der Waals surface area contributed by atoms with Crippen LogP contribution in [0.15, 0.2) is 231 Å². The second-order valence-electron chi connectivity index (χ2n) is 23.2. The van der Waals surface area contributed by atoms with Gasteiger partial charge >= 0.3 is 0 Å². The van der Waals surface area contributed by atoms with Gasteiger partial charge in [-0.05, 0) is 145 Å². The molecule has 6 unspecified atom stereocenters. The summed E-state index contributed by atoms with van der Waals surface area (Å²) in [6, 6.07) is 84.5. The van der Waals surface area contributed by atoms with E-state index in [0.717, 1.165) is 110 Å². The predicted octanol–water partition coefficient (Wildman–Crippen LogP) is 16.7. The van der Waals surface area contributed by atoms with Gasteiger partial charge in [-0.2, -0.15) is 0 Å². The first-order chi connectivity index (χ1) is 38.5. The number of nitrogens with zero attached hydrogens (tertiary/aromatic N) is 2. The maximum Gasteiger partial charge on any atom is 0.171 e. The molecule has 4 heteroatoms. The van der Waals surface area contributed by atoms with Gasteiger partial charge in [0, 0.05) is 71.8 Å². The third-order valence-corrected chi connectivity index (χ3v) is 20.3. The fraction of sp³-hybridized carbons (Fsp3) is 0.0811. The molecule has 0 amide bonds. The average Bonchev–Trinajstić information content (AvgIpc) is 1.23. The van der Waals surface area contributed by atoms with E-state index in [9.17, 15) is 0 Å². The van der Waals surface area contributed by atoms with Crippen molar-refractivity contribution in [1.82, 2.24) is 8.97 Å². The summed E-state index contributed by atoms with van der Waals surface area (Å²) in [5, 5.41) is 6.95. The van der Waals surface area contributed by atoms with E-state index in [-0.39, 0.29) is 46.1 Å². The minimum absolute atomic E-state index is 0.0505. The molecule has 3 aromatic heterocycles. The highest BCUT2D eigenvalue weighted by molar-refractivity contribution is 6.27. The Balaban J connectivity index is 0.920. The molecule has 3 heterocycles. The fourth-order valence-electron chi connectivity index (χ4n) is 17.6. The molecule has 0 fully saturated rings. The van der Waals surface area contributed by atoms with Gasteiger partial charge in [-0.3, -0.25) is 9.59 Å². The van der Waals surface area contributed by atoms with Crippen LogP contribution < -0.4 is 0 Å². The Morgan fingerprint density at radius 2 is 0.718 bits per heavy atom. The molecule has 6 atom stereocenters. The van der Waals surface area contributed by atoms with E-state index in [4.69, 9.17) is 0 Å². The zero-order valence-electron chi connectivity index (χ0n) is 42.0. The van der Waals surface area contributed by atoms with Crippen molar-refractivity contribution in [2.45, 2.75) is 34.5 Å². The minimum atomic E-state index is -0.380. The zero-order chi connectivity index (χ0) is 50.7. The Morgan fingerprint density at radius 3 is 1.26 bits per heavy atom. The number of rotatable bonds is 3. The van der Waals surface area contributed by atoms with E-state index in [1.165, 1.54) is 44.2 Å². The smallest absolute Gasteiger partial charge is 0.171 e. The summed E-state index contributed by atoms with van der Waals surface area (Å²) in [7, 11) is 0. The first-order valence-corrected chi connectivity index (χ1v) is 27.5. The first-order valence-electron chi connectivity index (χ1n) is 27.5. The van der Waals surface area contributed by atoms with E-state index in [2.05, 4.69) is 239 Å². The fourth-order valence-corrected chi connectivity index (χ4v) is 17.6. The number of Topliss-reactive ketones (excluding diaryl/α,β-unsaturated/α-hetero) is 2. The highest BCUT2D eigenvalue weighted by Gasteiger charge is 2.70. The zero-order valence-corrected chi connectivity index (χ0v) is 42.0. The maximum atomic E-state index is 15.6. The quantitative estimate of drug-likeness (QED) is 0.177. The van der Waals surface area contributed by atoms with Crippen LogP contribution in [0.25, 0.3) is 87.8 Å². The molecule has 0 aliphatic heterocycles. The molecule has 0 N–H and O–H groups in total. The van der Waals surface area contributed by atoms with Gasteiger partial charge in [0.1, 0.15) is 0 Å². The number of ketones is 2. The van der Waals surface area contributed by atoms with Crippen molar-refractivity contribution in [3.05, 3.63) is 297 Å². The predicted molar refractivity (Wildman–Crippen MR) is 311 cm³/mol. The summed E-state index contributed by atoms with van der Waals surface area (Å²) < 4.78 is 4.84. The van der Waals surface area contributed by atoms with Crippen LogP contribution in [0.3, 0.4) is 0 Å². The summed E-state index contributed by atoms with van der Waals surface area (Å²) >= 11 is 0. The average molecular weight is 991 g/mol. The summed E-state index contributed by atoms with van der Waals surface area (Å²) in [6.07, 6.45) is 0. The van der Waals surface area contributed by atoms with Crippen LogP contribution in [-0.2, 0) is 10.8 Å². The number of para-hydroxylation sites is 2. The molecule has 78 heavy (non-hydrogen) atoms. The van der Waals surface area contributed by atoms with Crippen LogP contribution in [-0.4, -0.2) is 20.5 Å². The number of hydrogen-bond acceptors (Lipinski definition) is 2. The van der Waals surface area contributed by atoms with Crippen LogP contribution in [0.2, 0.25) is 0 Å². The highest BCUT2D eigenvalue weighted by Crippen LogP contribution is 2.75. The lowest BCUT2D eigenvalue weighted by molar-refractivity contribution is 0.0839. The van der Waals surface area contributed by atoms with Crippen LogP contribution in [0.1, 0.15) is 100 Å². The van der Waals surface area contributed by atoms with Crippen molar-refractivity contribution in [1.29, 1.82) is 0 Å².